The maximum Gasteiger partial charge on any atom is 0.246 e. The molecule has 2 saturated carbocycles. The SMILES string of the molecule is Cc1ccccc1NC(=O)C1C2C=CC3(O2)C1C(=O)N(C1CC1)C3C(=O)NC1CCCC1. The number of likely N-dealkylation sites (tertiary alicyclic amines) is 1. The van der Waals surface area contributed by atoms with E-state index in [-0.39, 0.29) is 29.8 Å². The smallest absolute Gasteiger partial charge is 0.246 e. The number of hydrogen-bond acceptors (Lipinski definition) is 4. The van der Waals surface area contributed by atoms with Crippen LogP contribution in [0.5, 0.6) is 0 Å². The number of carbonyl (C=O) groups excluding carboxylic acids is 3. The molecular weight excluding hydrogens is 406 g/mol. The summed E-state index contributed by atoms with van der Waals surface area (Å²) in [6, 6.07) is 7.12. The second kappa shape index (κ2) is 7.17. The summed E-state index contributed by atoms with van der Waals surface area (Å²) in [6.07, 6.45) is 9.26. The summed E-state index contributed by atoms with van der Waals surface area (Å²) in [4.78, 5) is 42.3. The molecule has 2 aliphatic carbocycles. The van der Waals surface area contributed by atoms with Crippen LogP contribution in [-0.2, 0) is 19.1 Å². The molecule has 3 amide bonds. The van der Waals surface area contributed by atoms with Crippen molar-refractivity contribution in [1.82, 2.24) is 10.2 Å². The number of fused-ring (bicyclic) bond motifs is 1. The third-order valence-corrected chi connectivity index (χ3v) is 7.91. The van der Waals surface area contributed by atoms with Crippen molar-refractivity contribution in [2.75, 3.05) is 5.32 Å². The summed E-state index contributed by atoms with van der Waals surface area (Å²) < 4.78 is 6.37. The van der Waals surface area contributed by atoms with Crippen molar-refractivity contribution in [1.29, 1.82) is 0 Å². The van der Waals surface area contributed by atoms with Gasteiger partial charge in [0.2, 0.25) is 17.7 Å². The molecule has 3 aliphatic heterocycles. The second-order valence-electron chi connectivity index (χ2n) is 9.97. The van der Waals surface area contributed by atoms with Gasteiger partial charge in [-0.05, 0) is 44.2 Å². The largest absolute Gasteiger partial charge is 0.359 e. The normalized spacial score (nSPS) is 35.4. The highest BCUT2D eigenvalue weighted by Crippen LogP contribution is 2.57. The first kappa shape index (κ1) is 20.0. The summed E-state index contributed by atoms with van der Waals surface area (Å²) in [5.74, 6) is -1.78. The van der Waals surface area contributed by atoms with E-state index in [2.05, 4.69) is 10.6 Å². The van der Waals surface area contributed by atoms with E-state index >= 15 is 0 Å². The van der Waals surface area contributed by atoms with Crippen LogP contribution in [0.4, 0.5) is 5.69 Å². The van der Waals surface area contributed by atoms with Crippen molar-refractivity contribution in [2.45, 2.75) is 75.3 Å². The molecule has 168 valence electrons. The van der Waals surface area contributed by atoms with E-state index in [4.69, 9.17) is 4.74 Å². The predicted octanol–water partition coefficient (Wildman–Crippen LogP) is 2.31. The molecule has 1 aromatic carbocycles. The van der Waals surface area contributed by atoms with E-state index in [1.54, 1.807) is 4.90 Å². The molecule has 6 rings (SSSR count). The van der Waals surface area contributed by atoms with Gasteiger partial charge < -0.3 is 20.3 Å². The first-order chi connectivity index (χ1) is 15.5. The Morgan fingerprint density at radius 3 is 2.56 bits per heavy atom. The lowest BCUT2D eigenvalue weighted by Crippen LogP contribution is -2.56. The first-order valence-corrected chi connectivity index (χ1v) is 11.9. The van der Waals surface area contributed by atoms with E-state index < -0.39 is 29.6 Å². The zero-order chi connectivity index (χ0) is 22.0. The molecule has 4 fully saturated rings. The predicted molar refractivity (Wildman–Crippen MR) is 118 cm³/mol. The Balaban J connectivity index is 1.31. The number of amides is 3. The van der Waals surface area contributed by atoms with E-state index in [1.165, 1.54) is 0 Å². The quantitative estimate of drug-likeness (QED) is 0.695. The number of para-hydroxylation sites is 1. The highest BCUT2D eigenvalue weighted by Gasteiger charge is 2.74. The van der Waals surface area contributed by atoms with Gasteiger partial charge in [0.1, 0.15) is 11.6 Å². The minimum atomic E-state index is -1.05. The van der Waals surface area contributed by atoms with Gasteiger partial charge in [0.15, 0.2) is 0 Å². The van der Waals surface area contributed by atoms with Crippen LogP contribution in [0.1, 0.15) is 44.1 Å². The maximum atomic E-state index is 13.7. The fourth-order valence-corrected chi connectivity index (χ4v) is 6.23. The topological polar surface area (TPSA) is 87.7 Å². The summed E-state index contributed by atoms with van der Waals surface area (Å²) in [7, 11) is 0. The number of nitrogens with zero attached hydrogens (tertiary/aromatic N) is 1. The molecule has 0 aromatic heterocycles. The lowest BCUT2D eigenvalue weighted by molar-refractivity contribution is -0.142. The zero-order valence-electron chi connectivity index (χ0n) is 18.3. The number of ether oxygens (including phenoxy) is 1. The lowest BCUT2D eigenvalue weighted by atomic mass is 9.74. The van der Waals surface area contributed by atoms with Crippen LogP contribution >= 0.6 is 0 Å². The number of aryl methyl sites for hydroxylation is 1. The van der Waals surface area contributed by atoms with Gasteiger partial charge in [-0.3, -0.25) is 14.4 Å². The van der Waals surface area contributed by atoms with Crippen LogP contribution in [0.3, 0.4) is 0 Å². The number of anilines is 1. The van der Waals surface area contributed by atoms with Gasteiger partial charge in [0.25, 0.3) is 0 Å². The van der Waals surface area contributed by atoms with Crippen molar-refractivity contribution < 1.29 is 19.1 Å². The molecule has 5 atom stereocenters. The fraction of sp³-hybridized carbons (Fsp3) is 0.560. The molecule has 1 aromatic rings. The highest BCUT2D eigenvalue weighted by molar-refractivity contribution is 6.03. The number of benzene rings is 1. The Labute approximate surface area is 187 Å². The Morgan fingerprint density at radius 1 is 1.09 bits per heavy atom. The van der Waals surface area contributed by atoms with Crippen molar-refractivity contribution in [2.24, 2.45) is 11.8 Å². The third kappa shape index (κ3) is 2.86. The first-order valence-electron chi connectivity index (χ1n) is 11.9. The summed E-state index contributed by atoms with van der Waals surface area (Å²) in [5, 5.41) is 6.19. The Kier molecular flexibility index (Phi) is 4.47. The van der Waals surface area contributed by atoms with Gasteiger partial charge in [-0.15, -0.1) is 0 Å². The molecule has 3 heterocycles. The van der Waals surface area contributed by atoms with Gasteiger partial charge in [-0.25, -0.2) is 0 Å². The second-order valence-corrected chi connectivity index (χ2v) is 9.97. The van der Waals surface area contributed by atoms with Crippen LogP contribution in [-0.4, -0.2) is 52.5 Å². The minimum absolute atomic E-state index is 0.0675. The van der Waals surface area contributed by atoms with Gasteiger partial charge in [0.05, 0.1) is 17.9 Å². The average molecular weight is 436 g/mol. The van der Waals surface area contributed by atoms with Gasteiger partial charge in [-0.2, -0.15) is 0 Å². The minimum Gasteiger partial charge on any atom is -0.359 e. The van der Waals surface area contributed by atoms with Gasteiger partial charge >= 0.3 is 0 Å². The summed E-state index contributed by atoms with van der Waals surface area (Å²) in [5.41, 5.74) is 0.639. The van der Waals surface area contributed by atoms with E-state index in [0.29, 0.717) is 0 Å². The molecule has 5 unspecified atom stereocenters. The van der Waals surface area contributed by atoms with Crippen molar-refractivity contribution in [3.05, 3.63) is 42.0 Å². The maximum absolute atomic E-state index is 13.7. The van der Waals surface area contributed by atoms with Crippen LogP contribution in [0.15, 0.2) is 36.4 Å². The lowest BCUT2D eigenvalue weighted by Gasteiger charge is -2.33. The van der Waals surface area contributed by atoms with Crippen molar-refractivity contribution in [3.63, 3.8) is 0 Å². The zero-order valence-corrected chi connectivity index (χ0v) is 18.3. The summed E-state index contributed by atoms with van der Waals surface area (Å²) in [6.45, 7) is 1.94. The molecule has 0 radical (unpaired) electrons. The van der Waals surface area contributed by atoms with Crippen molar-refractivity contribution in [3.8, 4) is 0 Å². The van der Waals surface area contributed by atoms with Crippen molar-refractivity contribution >= 4 is 23.4 Å². The van der Waals surface area contributed by atoms with Crippen LogP contribution in [0.25, 0.3) is 0 Å². The van der Waals surface area contributed by atoms with E-state index in [9.17, 15) is 14.4 Å². The molecule has 1 spiro atoms. The van der Waals surface area contributed by atoms with E-state index in [0.717, 1.165) is 49.8 Å². The third-order valence-electron chi connectivity index (χ3n) is 7.91. The molecule has 7 nitrogen and oxygen atoms in total. The molecule has 7 heteroatoms. The Morgan fingerprint density at radius 2 is 1.84 bits per heavy atom. The average Bonchev–Trinajstić information content (AvgIpc) is 3.12. The monoisotopic (exact) mass is 435 g/mol. The fourth-order valence-electron chi connectivity index (χ4n) is 6.23. The summed E-state index contributed by atoms with van der Waals surface area (Å²) >= 11 is 0. The van der Waals surface area contributed by atoms with Gasteiger partial charge in [0, 0.05) is 17.8 Å². The van der Waals surface area contributed by atoms with Crippen LogP contribution < -0.4 is 10.6 Å². The van der Waals surface area contributed by atoms with Gasteiger partial charge in [-0.1, -0.05) is 43.2 Å². The van der Waals surface area contributed by atoms with E-state index in [1.807, 2.05) is 43.3 Å². The molecule has 5 aliphatic rings. The standard InChI is InChI=1S/C25H29N3O4/c1-14-6-2-5-9-17(14)27-22(29)19-18-12-13-25(32-18)20(19)24(31)28(16-10-11-16)21(25)23(30)26-15-7-3-4-8-15/h2,5-6,9,12-13,15-16,18-21H,3-4,7-8,10-11H2,1H3,(H,26,30)(H,27,29). The Bertz CT molecular complexity index is 1010. The molecular formula is C25H29N3O4. The number of carbonyl (C=O) groups is 3. The molecule has 32 heavy (non-hydrogen) atoms. The highest BCUT2D eigenvalue weighted by atomic mass is 16.5. The number of rotatable bonds is 5. The molecule has 2 bridgehead atoms. The van der Waals surface area contributed by atoms with Crippen LogP contribution in [0, 0.1) is 18.8 Å². The van der Waals surface area contributed by atoms with Crippen LogP contribution in [0.2, 0.25) is 0 Å². The molecule has 2 N–H and O–H groups in total. The molecule has 2 saturated heterocycles. The number of hydrogen-bond donors (Lipinski definition) is 2. The Hall–Kier alpha value is -2.67. The number of nitrogens with one attached hydrogen (secondary N) is 2.